The molecule has 2 N–H and O–H groups in total. The van der Waals surface area contributed by atoms with Crippen molar-refractivity contribution in [1.29, 1.82) is 0 Å². The van der Waals surface area contributed by atoms with Crippen LogP contribution < -0.4 is 15.5 Å². The summed E-state index contributed by atoms with van der Waals surface area (Å²) in [4.78, 5) is 11.2. The molecule has 1 unspecified atom stereocenters. The minimum absolute atomic E-state index is 0. The number of anilines is 1. The molecule has 1 fully saturated rings. The highest BCUT2D eigenvalue weighted by Crippen LogP contribution is 2.28. The van der Waals surface area contributed by atoms with E-state index in [1.807, 2.05) is 13.0 Å². The van der Waals surface area contributed by atoms with E-state index in [4.69, 9.17) is 4.52 Å². The number of halogens is 2. The van der Waals surface area contributed by atoms with Crippen LogP contribution in [0.25, 0.3) is 0 Å². The first-order valence-electron chi connectivity index (χ1n) is 8.99. The van der Waals surface area contributed by atoms with Crippen molar-refractivity contribution in [2.24, 2.45) is 4.99 Å². The molecule has 27 heavy (non-hydrogen) atoms. The Morgan fingerprint density at radius 3 is 2.93 bits per heavy atom. The molecule has 1 aromatic heterocycles. The zero-order valence-electron chi connectivity index (χ0n) is 15.6. The van der Waals surface area contributed by atoms with Crippen molar-refractivity contribution in [3.8, 4) is 0 Å². The molecule has 9 heteroatoms. The molecule has 1 atom stereocenters. The summed E-state index contributed by atoms with van der Waals surface area (Å²) in [5.41, 5.74) is 1.24. The van der Waals surface area contributed by atoms with Gasteiger partial charge in [0.15, 0.2) is 11.8 Å². The second kappa shape index (κ2) is 10.8. The van der Waals surface area contributed by atoms with Gasteiger partial charge in [-0.05, 0) is 48.3 Å². The predicted octanol–water partition coefficient (Wildman–Crippen LogP) is 3.14. The van der Waals surface area contributed by atoms with Gasteiger partial charge >= 0.3 is 0 Å². The number of hydrogen-bond acceptors (Lipinski definition) is 5. The molecule has 1 aromatic carbocycles. The third kappa shape index (κ3) is 6.34. The molecule has 0 bridgehead atoms. The van der Waals surface area contributed by atoms with E-state index in [9.17, 15) is 0 Å². The number of rotatable bonds is 6. The molecule has 0 saturated carbocycles. The molecule has 2 aromatic rings. The van der Waals surface area contributed by atoms with Crippen LogP contribution in [-0.4, -0.2) is 48.3 Å². The van der Waals surface area contributed by atoms with E-state index in [-0.39, 0.29) is 24.0 Å². The largest absolute Gasteiger partial charge is 0.368 e. The first-order chi connectivity index (χ1) is 12.7. The van der Waals surface area contributed by atoms with Crippen molar-refractivity contribution in [1.82, 2.24) is 20.8 Å². The summed E-state index contributed by atoms with van der Waals surface area (Å²) in [6, 6.07) is 8.72. The van der Waals surface area contributed by atoms with Crippen LogP contribution in [-0.2, 0) is 6.42 Å². The fourth-order valence-electron chi connectivity index (χ4n) is 3.02. The number of nitrogens with one attached hydrogen (secondary N) is 2. The zero-order chi connectivity index (χ0) is 18.4. The lowest BCUT2D eigenvalue weighted by Crippen LogP contribution is -2.44. The summed E-state index contributed by atoms with van der Waals surface area (Å²) in [6.07, 6.45) is 1.72. The fourth-order valence-corrected chi connectivity index (χ4v) is 3.56. The van der Waals surface area contributed by atoms with Crippen LogP contribution in [0.2, 0.25) is 0 Å². The van der Waals surface area contributed by atoms with Crippen molar-refractivity contribution in [3.63, 3.8) is 0 Å². The summed E-state index contributed by atoms with van der Waals surface area (Å²) in [5.74, 6) is 2.12. The quantitative estimate of drug-likeness (QED) is 0.328. The van der Waals surface area contributed by atoms with E-state index in [1.54, 1.807) is 0 Å². The monoisotopic (exact) mass is 548 g/mol. The van der Waals surface area contributed by atoms with Gasteiger partial charge in [0, 0.05) is 36.6 Å². The van der Waals surface area contributed by atoms with Crippen LogP contribution in [0.15, 0.2) is 38.3 Å². The smallest absolute Gasteiger partial charge is 0.228 e. The summed E-state index contributed by atoms with van der Waals surface area (Å²) >= 11 is 3.64. The molecular weight excluding hydrogens is 523 g/mol. The lowest BCUT2D eigenvalue weighted by Gasteiger charge is -2.21. The van der Waals surface area contributed by atoms with Crippen LogP contribution in [0.1, 0.15) is 25.1 Å². The Kier molecular flexibility index (Phi) is 8.81. The van der Waals surface area contributed by atoms with Crippen LogP contribution >= 0.6 is 39.9 Å². The number of hydrogen-bond donors (Lipinski definition) is 2. The Labute approximate surface area is 185 Å². The maximum Gasteiger partial charge on any atom is 0.228 e. The van der Waals surface area contributed by atoms with Crippen molar-refractivity contribution < 1.29 is 4.52 Å². The van der Waals surface area contributed by atoms with Gasteiger partial charge < -0.3 is 20.1 Å². The lowest BCUT2D eigenvalue weighted by molar-refractivity contribution is 0.376. The maximum absolute atomic E-state index is 5.13. The van der Waals surface area contributed by atoms with Crippen LogP contribution in [0.4, 0.5) is 5.69 Å². The van der Waals surface area contributed by atoms with Gasteiger partial charge in [0.1, 0.15) is 0 Å². The first-order valence-corrected chi connectivity index (χ1v) is 9.78. The second-order valence-corrected chi connectivity index (χ2v) is 7.13. The van der Waals surface area contributed by atoms with E-state index in [0.717, 1.165) is 36.5 Å². The summed E-state index contributed by atoms with van der Waals surface area (Å²) < 4.78 is 6.27. The van der Waals surface area contributed by atoms with Crippen molar-refractivity contribution >= 4 is 51.6 Å². The Morgan fingerprint density at radius 2 is 2.22 bits per heavy atom. The Hall–Kier alpha value is -1.36. The van der Waals surface area contributed by atoms with Crippen LogP contribution in [0, 0.1) is 6.92 Å². The van der Waals surface area contributed by atoms with E-state index in [0.29, 0.717) is 30.7 Å². The zero-order valence-corrected chi connectivity index (χ0v) is 19.5. The minimum Gasteiger partial charge on any atom is -0.368 e. The van der Waals surface area contributed by atoms with Gasteiger partial charge in [-0.15, -0.1) is 24.0 Å². The highest BCUT2D eigenvalue weighted by atomic mass is 127. The molecule has 0 spiro atoms. The Bertz CT molecular complexity index is 753. The van der Waals surface area contributed by atoms with E-state index in [1.165, 1.54) is 5.69 Å². The summed E-state index contributed by atoms with van der Waals surface area (Å²) in [6.45, 7) is 7.31. The second-order valence-electron chi connectivity index (χ2n) is 6.27. The van der Waals surface area contributed by atoms with Crippen LogP contribution in [0.3, 0.4) is 0 Å². The average molecular weight is 549 g/mol. The number of para-hydroxylation sites is 1. The number of aliphatic imine (C=N–C) groups is 1. The van der Waals surface area contributed by atoms with Gasteiger partial charge in [0.05, 0.1) is 12.2 Å². The predicted molar refractivity (Wildman–Crippen MR) is 122 cm³/mol. The van der Waals surface area contributed by atoms with Crippen molar-refractivity contribution in [2.45, 2.75) is 32.7 Å². The standard InChI is InChI=1S/C18H25BrN6O.HI/c1-3-20-18(21-10-8-17-22-13(2)24-26-17)23-14-9-11-25(12-14)16-7-5-4-6-15(16)19;/h4-7,14H,3,8-12H2,1-2H3,(H2,20,21,23);1H. The third-order valence-electron chi connectivity index (χ3n) is 4.23. The van der Waals surface area contributed by atoms with Gasteiger partial charge in [0.2, 0.25) is 5.89 Å². The highest BCUT2D eigenvalue weighted by molar-refractivity contribution is 14.0. The summed E-state index contributed by atoms with van der Waals surface area (Å²) in [5, 5.41) is 10.7. The van der Waals surface area contributed by atoms with E-state index in [2.05, 4.69) is 71.7 Å². The number of benzene rings is 1. The number of guanidine groups is 1. The number of aryl methyl sites for hydroxylation is 1. The molecule has 1 aliphatic heterocycles. The fraction of sp³-hybridized carbons (Fsp3) is 0.500. The number of aromatic nitrogens is 2. The van der Waals surface area contributed by atoms with Crippen molar-refractivity contribution in [3.05, 3.63) is 40.5 Å². The summed E-state index contributed by atoms with van der Waals surface area (Å²) in [7, 11) is 0. The van der Waals surface area contributed by atoms with Crippen LogP contribution in [0.5, 0.6) is 0 Å². The molecule has 3 rings (SSSR count). The average Bonchev–Trinajstić information content (AvgIpc) is 3.25. The van der Waals surface area contributed by atoms with Gasteiger partial charge in [-0.3, -0.25) is 4.99 Å². The first kappa shape index (κ1) is 21.9. The van der Waals surface area contributed by atoms with Gasteiger partial charge in [0.25, 0.3) is 0 Å². The molecule has 0 radical (unpaired) electrons. The third-order valence-corrected chi connectivity index (χ3v) is 4.90. The molecule has 2 heterocycles. The molecule has 1 aliphatic rings. The van der Waals surface area contributed by atoms with E-state index < -0.39 is 0 Å². The topological polar surface area (TPSA) is 78.6 Å². The molecular formula is C18H26BrIN6O. The Morgan fingerprint density at radius 1 is 1.41 bits per heavy atom. The van der Waals surface area contributed by atoms with Crippen molar-refractivity contribution in [2.75, 3.05) is 31.1 Å². The lowest BCUT2D eigenvalue weighted by atomic mass is 10.3. The van der Waals surface area contributed by atoms with Gasteiger partial charge in [-0.2, -0.15) is 4.98 Å². The number of nitrogens with zero attached hydrogens (tertiary/aromatic N) is 4. The molecule has 1 saturated heterocycles. The highest BCUT2D eigenvalue weighted by Gasteiger charge is 2.24. The normalized spacial score (nSPS) is 16.9. The van der Waals surface area contributed by atoms with Gasteiger partial charge in [-0.1, -0.05) is 17.3 Å². The molecule has 148 valence electrons. The minimum atomic E-state index is 0. The Balaban J connectivity index is 0.00000261. The maximum atomic E-state index is 5.13. The SMILES string of the molecule is CCNC(=NCCc1nc(C)no1)NC1CCN(c2ccccc2Br)C1.I. The van der Waals surface area contributed by atoms with Gasteiger partial charge in [-0.25, -0.2) is 0 Å². The van der Waals surface area contributed by atoms with E-state index >= 15 is 0 Å². The molecule has 0 amide bonds. The molecule has 0 aliphatic carbocycles. The molecule has 7 nitrogen and oxygen atoms in total.